The predicted molar refractivity (Wildman–Crippen MR) is 103 cm³/mol. The lowest BCUT2D eigenvalue weighted by molar-refractivity contribution is -0.274. The number of hydrogen-bond acceptors (Lipinski definition) is 5. The van der Waals surface area contributed by atoms with Gasteiger partial charge >= 0.3 is 6.36 Å². The van der Waals surface area contributed by atoms with E-state index in [0.717, 1.165) is 12.8 Å². The summed E-state index contributed by atoms with van der Waals surface area (Å²) in [6, 6.07) is 5.36. The van der Waals surface area contributed by atoms with Crippen molar-refractivity contribution in [1.82, 2.24) is 10.2 Å². The summed E-state index contributed by atoms with van der Waals surface area (Å²) in [4.78, 5) is 26.2. The van der Waals surface area contributed by atoms with Gasteiger partial charge in [-0.15, -0.1) is 13.2 Å². The van der Waals surface area contributed by atoms with Gasteiger partial charge in [-0.05, 0) is 43.0 Å². The highest BCUT2D eigenvalue weighted by Gasteiger charge is 2.33. The van der Waals surface area contributed by atoms with Crippen molar-refractivity contribution in [3.05, 3.63) is 24.3 Å². The van der Waals surface area contributed by atoms with E-state index in [-0.39, 0.29) is 36.4 Å². The molecule has 1 aromatic rings. The number of alkyl halides is 3. The van der Waals surface area contributed by atoms with Crippen molar-refractivity contribution in [1.29, 1.82) is 0 Å². The van der Waals surface area contributed by atoms with Crippen molar-refractivity contribution < 1.29 is 32.2 Å². The van der Waals surface area contributed by atoms with E-state index in [2.05, 4.69) is 15.4 Å². The number of anilines is 1. The monoisotopic (exact) mass is 429 g/mol. The number of rotatable bonds is 9. The highest BCUT2D eigenvalue weighted by atomic mass is 19.4. The SMILES string of the molecule is O=C(CCC(=O)N1CCOCC1)NC(CNc1ccc(OC(F)(F)F)cc1)C1CC1. The lowest BCUT2D eigenvalue weighted by Gasteiger charge is -2.27. The van der Waals surface area contributed by atoms with Gasteiger partial charge in [-0.2, -0.15) is 0 Å². The zero-order valence-corrected chi connectivity index (χ0v) is 16.5. The number of morpholine rings is 1. The van der Waals surface area contributed by atoms with E-state index in [9.17, 15) is 22.8 Å². The van der Waals surface area contributed by atoms with E-state index in [1.54, 1.807) is 4.90 Å². The van der Waals surface area contributed by atoms with Crippen molar-refractivity contribution in [2.75, 3.05) is 38.2 Å². The summed E-state index contributed by atoms with van der Waals surface area (Å²) < 4.78 is 45.7. The Balaban J connectivity index is 1.42. The molecule has 2 aliphatic rings. The van der Waals surface area contributed by atoms with Crippen molar-refractivity contribution >= 4 is 17.5 Å². The summed E-state index contributed by atoms with van der Waals surface area (Å²) >= 11 is 0. The van der Waals surface area contributed by atoms with Crippen molar-refractivity contribution in [3.63, 3.8) is 0 Å². The van der Waals surface area contributed by atoms with E-state index in [1.165, 1.54) is 24.3 Å². The molecule has 1 aliphatic carbocycles. The van der Waals surface area contributed by atoms with Gasteiger partial charge < -0.3 is 25.0 Å². The van der Waals surface area contributed by atoms with E-state index >= 15 is 0 Å². The zero-order chi connectivity index (χ0) is 21.6. The number of carbonyl (C=O) groups is 2. The van der Waals surface area contributed by atoms with Gasteiger partial charge in [0.15, 0.2) is 0 Å². The third kappa shape index (κ3) is 7.40. The smallest absolute Gasteiger partial charge is 0.406 e. The van der Waals surface area contributed by atoms with Crippen LogP contribution in [0.25, 0.3) is 0 Å². The first-order valence-electron chi connectivity index (χ1n) is 10.0. The molecule has 1 aromatic carbocycles. The van der Waals surface area contributed by atoms with Crippen LogP contribution in [0.2, 0.25) is 0 Å². The average Bonchev–Trinajstić information content (AvgIpc) is 3.55. The maximum Gasteiger partial charge on any atom is 0.573 e. The van der Waals surface area contributed by atoms with Crippen LogP contribution in [0.1, 0.15) is 25.7 Å². The minimum atomic E-state index is -4.72. The molecule has 2 amide bonds. The molecule has 0 bridgehead atoms. The van der Waals surface area contributed by atoms with Gasteiger partial charge in [-0.3, -0.25) is 9.59 Å². The molecule has 1 heterocycles. The minimum Gasteiger partial charge on any atom is -0.406 e. The average molecular weight is 429 g/mol. The molecule has 0 aromatic heterocycles. The molecular formula is C20H26F3N3O4. The second-order valence-electron chi connectivity index (χ2n) is 7.46. The Hall–Kier alpha value is -2.49. The Labute approximate surface area is 172 Å². The maximum atomic E-state index is 12.3. The largest absolute Gasteiger partial charge is 0.573 e. The van der Waals surface area contributed by atoms with Gasteiger partial charge in [-0.25, -0.2) is 0 Å². The molecule has 2 N–H and O–H groups in total. The fraction of sp³-hybridized carbons (Fsp3) is 0.600. The fourth-order valence-electron chi connectivity index (χ4n) is 3.31. The lowest BCUT2D eigenvalue weighted by atomic mass is 10.1. The van der Waals surface area contributed by atoms with Crippen LogP contribution in [0.3, 0.4) is 0 Å². The van der Waals surface area contributed by atoms with Crippen LogP contribution in [-0.4, -0.2) is 62.0 Å². The molecule has 10 heteroatoms. The number of nitrogens with zero attached hydrogens (tertiary/aromatic N) is 1. The van der Waals surface area contributed by atoms with Gasteiger partial charge in [0, 0.05) is 44.2 Å². The molecule has 0 radical (unpaired) electrons. The second-order valence-corrected chi connectivity index (χ2v) is 7.46. The molecule has 1 saturated carbocycles. The van der Waals surface area contributed by atoms with E-state index < -0.39 is 6.36 Å². The minimum absolute atomic E-state index is 0.0456. The summed E-state index contributed by atoms with van der Waals surface area (Å²) in [5, 5.41) is 6.12. The molecule has 1 saturated heterocycles. The number of ether oxygens (including phenoxy) is 2. The van der Waals surface area contributed by atoms with E-state index in [0.29, 0.717) is 44.5 Å². The quantitative estimate of drug-likeness (QED) is 0.631. The van der Waals surface area contributed by atoms with Crippen molar-refractivity contribution in [2.24, 2.45) is 5.92 Å². The van der Waals surface area contributed by atoms with E-state index in [1.807, 2.05) is 0 Å². The number of benzene rings is 1. The van der Waals surface area contributed by atoms with Gasteiger partial charge in [0.1, 0.15) is 5.75 Å². The summed E-state index contributed by atoms with van der Waals surface area (Å²) in [5.41, 5.74) is 0.631. The van der Waals surface area contributed by atoms with Crippen LogP contribution in [-0.2, 0) is 14.3 Å². The Morgan fingerprint density at radius 3 is 2.40 bits per heavy atom. The van der Waals surface area contributed by atoms with E-state index in [4.69, 9.17) is 4.74 Å². The first-order valence-corrected chi connectivity index (χ1v) is 10.0. The molecule has 0 spiro atoms. The predicted octanol–water partition coefficient (Wildman–Crippen LogP) is 2.53. The van der Waals surface area contributed by atoms with Crippen LogP contribution in [0.5, 0.6) is 5.75 Å². The Kier molecular flexibility index (Phi) is 7.41. The third-order valence-electron chi connectivity index (χ3n) is 5.08. The molecule has 1 atom stereocenters. The van der Waals surface area contributed by atoms with Crippen LogP contribution in [0, 0.1) is 5.92 Å². The zero-order valence-electron chi connectivity index (χ0n) is 16.5. The van der Waals surface area contributed by atoms with Gasteiger partial charge in [0.05, 0.1) is 13.2 Å². The summed E-state index contributed by atoms with van der Waals surface area (Å²) in [7, 11) is 0. The first kappa shape index (κ1) is 22.2. The molecule has 1 unspecified atom stereocenters. The summed E-state index contributed by atoms with van der Waals surface area (Å²) in [6.07, 6.45) is -2.41. The first-order chi connectivity index (χ1) is 14.3. The highest BCUT2D eigenvalue weighted by Crippen LogP contribution is 2.33. The number of carbonyl (C=O) groups excluding carboxylic acids is 2. The molecule has 3 rings (SSSR count). The Bertz CT molecular complexity index is 717. The molecule has 7 nitrogen and oxygen atoms in total. The number of amides is 2. The molecule has 2 fully saturated rings. The Morgan fingerprint density at radius 1 is 1.13 bits per heavy atom. The van der Waals surface area contributed by atoms with Gasteiger partial charge in [0.25, 0.3) is 0 Å². The van der Waals surface area contributed by atoms with Gasteiger partial charge in [-0.1, -0.05) is 0 Å². The van der Waals surface area contributed by atoms with Crippen LogP contribution >= 0.6 is 0 Å². The van der Waals surface area contributed by atoms with Crippen LogP contribution in [0.15, 0.2) is 24.3 Å². The molecular weight excluding hydrogens is 403 g/mol. The summed E-state index contributed by atoms with van der Waals surface area (Å²) in [6.45, 7) is 2.62. The molecule has 1 aliphatic heterocycles. The lowest BCUT2D eigenvalue weighted by Crippen LogP contribution is -2.43. The standard InChI is InChI=1S/C20H26F3N3O4/c21-20(22,23)30-16-5-3-15(4-6-16)24-13-17(14-1-2-14)25-18(27)7-8-19(28)26-9-11-29-12-10-26/h3-6,14,17,24H,1-2,7-13H2,(H,25,27). The maximum absolute atomic E-state index is 12.3. The number of hydrogen-bond donors (Lipinski definition) is 2. The third-order valence-corrected chi connectivity index (χ3v) is 5.08. The Morgan fingerprint density at radius 2 is 1.80 bits per heavy atom. The second kappa shape index (κ2) is 10.0. The fourth-order valence-corrected chi connectivity index (χ4v) is 3.31. The number of halogens is 3. The van der Waals surface area contributed by atoms with Crippen molar-refractivity contribution in [3.8, 4) is 5.75 Å². The topological polar surface area (TPSA) is 79.9 Å². The summed E-state index contributed by atoms with van der Waals surface area (Å²) in [5.74, 6) is -0.144. The number of nitrogens with one attached hydrogen (secondary N) is 2. The van der Waals surface area contributed by atoms with Gasteiger partial charge in [0.2, 0.25) is 11.8 Å². The van der Waals surface area contributed by atoms with Crippen LogP contribution in [0.4, 0.5) is 18.9 Å². The highest BCUT2D eigenvalue weighted by molar-refractivity contribution is 5.84. The van der Waals surface area contributed by atoms with Crippen LogP contribution < -0.4 is 15.4 Å². The molecule has 166 valence electrons. The normalized spacial score (nSPS) is 17.9. The van der Waals surface area contributed by atoms with Crippen molar-refractivity contribution in [2.45, 2.75) is 38.1 Å². The molecule has 30 heavy (non-hydrogen) atoms.